The molecule has 0 saturated heterocycles. The summed E-state index contributed by atoms with van der Waals surface area (Å²) in [5.74, 6) is 6.23. The molecule has 7 heteroatoms. The summed E-state index contributed by atoms with van der Waals surface area (Å²) in [7, 11) is 0. The molecule has 0 aliphatic heterocycles. The van der Waals surface area contributed by atoms with Crippen molar-refractivity contribution in [1.29, 1.82) is 0 Å². The number of nitrogens with two attached hydrogens (primary N) is 1. The molecule has 0 fully saturated rings. The van der Waals surface area contributed by atoms with E-state index in [1.807, 2.05) is 20.8 Å². The predicted octanol–water partition coefficient (Wildman–Crippen LogP) is 4.45. The van der Waals surface area contributed by atoms with Crippen molar-refractivity contribution in [2.24, 2.45) is 0 Å². The van der Waals surface area contributed by atoms with Crippen molar-refractivity contribution in [2.45, 2.75) is 36.6 Å². The summed E-state index contributed by atoms with van der Waals surface area (Å²) in [5, 5.41) is 8.72. The van der Waals surface area contributed by atoms with Crippen molar-refractivity contribution in [3.05, 3.63) is 77.1 Å². The fraction of sp³-hybridized carbons (Fsp3) is 0.263. The van der Waals surface area contributed by atoms with Crippen molar-refractivity contribution in [3.63, 3.8) is 0 Å². The Morgan fingerprint density at radius 2 is 1.35 bits per heavy atom. The van der Waals surface area contributed by atoms with Gasteiger partial charge in [0.05, 0.1) is 5.25 Å². The normalized spacial score (nSPS) is 11.9. The smallest absolute Gasteiger partial charge is 0.210 e. The number of hydrogen-bond donors (Lipinski definition) is 1. The van der Waals surface area contributed by atoms with Crippen LogP contribution in [-0.2, 0) is 5.41 Å². The number of hydrogen-bond acceptors (Lipinski definition) is 4. The van der Waals surface area contributed by atoms with Crippen molar-refractivity contribution in [1.82, 2.24) is 14.9 Å². The van der Waals surface area contributed by atoms with Crippen molar-refractivity contribution >= 4 is 11.8 Å². The molecule has 2 N–H and O–H groups in total. The first-order valence-electron chi connectivity index (χ1n) is 8.14. The molecule has 0 aliphatic carbocycles. The highest BCUT2D eigenvalue weighted by Crippen LogP contribution is 2.40. The predicted molar refractivity (Wildman–Crippen MR) is 99.4 cm³/mol. The highest BCUT2D eigenvalue weighted by Gasteiger charge is 2.25. The third-order valence-corrected chi connectivity index (χ3v) is 5.17. The number of rotatable bonds is 4. The van der Waals surface area contributed by atoms with Crippen LogP contribution in [-0.4, -0.2) is 14.9 Å². The van der Waals surface area contributed by atoms with Gasteiger partial charge in [-0.15, -0.1) is 10.2 Å². The molecule has 0 radical (unpaired) electrons. The average Bonchev–Trinajstić information content (AvgIpc) is 2.95. The van der Waals surface area contributed by atoms with Gasteiger partial charge in [0, 0.05) is 5.41 Å². The average molecular weight is 374 g/mol. The fourth-order valence-corrected chi connectivity index (χ4v) is 3.66. The van der Waals surface area contributed by atoms with Crippen LogP contribution < -0.4 is 5.84 Å². The van der Waals surface area contributed by atoms with Gasteiger partial charge in [-0.25, -0.2) is 13.5 Å². The Bertz CT molecular complexity index is 838. The number of thioether (sulfide) groups is 1. The Hall–Kier alpha value is -2.41. The highest BCUT2D eigenvalue weighted by atomic mass is 32.2. The Morgan fingerprint density at radius 1 is 0.885 bits per heavy atom. The standard InChI is InChI=1S/C19H20F2N4S/c1-19(2,3)17-23-24-18(25(17)22)26-16(12-4-8-14(20)9-5-12)13-6-10-15(21)11-7-13/h4-11,16H,22H2,1-3H3. The van der Waals surface area contributed by atoms with E-state index in [4.69, 9.17) is 5.84 Å². The third kappa shape index (κ3) is 3.88. The first-order chi connectivity index (χ1) is 12.3. The molecule has 4 nitrogen and oxygen atoms in total. The molecule has 0 spiro atoms. The summed E-state index contributed by atoms with van der Waals surface area (Å²) in [6.07, 6.45) is 0. The zero-order valence-corrected chi connectivity index (χ0v) is 15.6. The van der Waals surface area contributed by atoms with E-state index < -0.39 is 0 Å². The van der Waals surface area contributed by atoms with Gasteiger partial charge in [0.25, 0.3) is 0 Å². The van der Waals surface area contributed by atoms with Crippen molar-refractivity contribution in [2.75, 3.05) is 5.84 Å². The van der Waals surface area contributed by atoms with E-state index in [0.717, 1.165) is 11.1 Å². The van der Waals surface area contributed by atoms with Crippen LogP contribution in [0.2, 0.25) is 0 Å². The summed E-state index contributed by atoms with van der Waals surface area (Å²) < 4.78 is 28.1. The second kappa shape index (κ2) is 7.07. The minimum absolute atomic E-state index is 0.226. The SMILES string of the molecule is CC(C)(C)c1nnc(SC(c2ccc(F)cc2)c2ccc(F)cc2)n1N. The van der Waals surface area contributed by atoms with Crippen LogP contribution in [0.5, 0.6) is 0 Å². The number of aromatic nitrogens is 3. The Kier molecular flexibility index (Phi) is 5.00. The zero-order valence-electron chi connectivity index (χ0n) is 14.8. The van der Waals surface area contributed by atoms with Gasteiger partial charge in [0.15, 0.2) is 5.82 Å². The van der Waals surface area contributed by atoms with Gasteiger partial charge in [-0.3, -0.25) is 0 Å². The van der Waals surface area contributed by atoms with Crippen LogP contribution in [0.4, 0.5) is 8.78 Å². The van der Waals surface area contributed by atoms with Crippen LogP contribution in [0.1, 0.15) is 43.0 Å². The topological polar surface area (TPSA) is 56.7 Å². The number of benzene rings is 2. The molecule has 136 valence electrons. The van der Waals surface area contributed by atoms with Gasteiger partial charge in [0.2, 0.25) is 5.16 Å². The molecule has 0 amide bonds. The summed E-state index contributed by atoms with van der Waals surface area (Å²) in [4.78, 5) is 0. The van der Waals surface area contributed by atoms with E-state index in [2.05, 4.69) is 10.2 Å². The van der Waals surface area contributed by atoms with Gasteiger partial charge < -0.3 is 5.84 Å². The lowest BCUT2D eigenvalue weighted by Crippen LogP contribution is -2.24. The lowest BCUT2D eigenvalue weighted by atomic mass is 9.96. The van der Waals surface area contributed by atoms with Gasteiger partial charge in [-0.1, -0.05) is 56.8 Å². The first kappa shape index (κ1) is 18.4. The molecule has 2 aromatic carbocycles. The number of nitrogen functional groups attached to an aromatic ring is 1. The number of nitrogens with zero attached hydrogens (tertiary/aromatic N) is 3. The molecule has 1 heterocycles. The lowest BCUT2D eigenvalue weighted by molar-refractivity contribution is 0.523. The second-order valence-electron chi connectivity index (χ2n) is 7.03. The van der Waals surface area contributed by atoms with Crippen LogP contribution in [0.15, 0.2) is 53.7 Å². The van der Waals surface area contributed by atoms with Gasteiger partial charge >= 0.3 is 0 Å². The van der Waals surface area contributed by atoms with E-state index >= 15 is 0 Å². The van der Waals surface area contributed by atoms with E-state index in [-0.39, 0.29) is 22.3 Å². The molecule has 3 aromatic rings. The Balaban J connectivity index is 2.00. The zero-order chi connectivity index (χ0) is 18.9. The van der Waals surface area contributed by atoms with Crippen molar-refractivity contribution < 1.29 is 8.78 Å². The molecule has 3 rings (SSSR count). The summed E-state index contributed by atoms with van der Waals surface area (Å²) in [5.41, 5.74) is 1.48. The third-order valence-electron chi connectivity index (χ3n) is 3.90. The summed E-state index contributed by atoms with van der Waals surface area (Å²) in [6, 6.07) is 12.4. The molecule has 0 bridgehead atoms. The van der Waals surface area contributed by atoms with Crippen LogP contribution in [0.25, 0.3) is 0 Å². The minimum atomic E-state index is -0.311. The maximum Gasteiger partial charge on any atom is 0.210 e. The second-order valence-corrected chi connectivity index (χ2v) is 8.10. The van der Waals surface area contributed by atoms with E-state index in [0.29, 0.717) is 11.0 Å². The Morgan fingerprint density at radius 3 is 1.73 bits per heavy atom. The summed E-state index contributed by atoms with van der Waals surface area (Å²) >= 11 is 1.39. The molecule has 1 aromatic heterocycles. The van der Waals surface area contributed by atoms with E-state index in [9.17, 15) is 8.78 Å². The molecule has 0 saturated carbocycles. The maximum atomic E-state index is 13.3. The highest BCUT2D eigenvalue weighted by molar-refractivity contribution is 7.99. The minimum Gasteiger partial charge on any atom is -0.336 e. The van der Waals surface area contributed by atoms with Gasteiger partial charge in [-0.05, 0) is 35.4 Å². The fourth-order valence-electron chi connectivity index (χ4n) is 2.58. The molecule has 0 atom stereocenters. The number of halogens is 2. The summed E-state index contributed by atoms with van der Waals surface area (Å²) in [6.45, 7) is 6.02. The van der Waals surface area contributed by atoms with Crippen LogP contribution in [0, 0.1) is 11.6 Å². The maximum absolute atomic E-state index is 13.3. The molecule has 0 unspecified atom stereocenters. The van der Waals surface area contributed by atoms with Crippen molar-refractivity contribution in [3.8, 4) is 0 Å². The Labute approximate surface area is 155 Å². The van der Waals surface area contributed by atoms with Gasteiger partial charge in [0.1, 0.15) is 11.6 Å². The molecule has 0 aliphatic rings. The van der Waals surface area contributed by atoms with E-state index in [1.165, 1.54) is 40.7 Å². The lowest BCUT2D eigenvalue weighted by Gasteiger charge is -2.19. The van der Waals surface area contributed by atoms with Crippen LogP contribution in [0.3, 0.4) is 0 Å². The van der Waals surface area contributed by atoms with Gasteiger partial charge in [-0.2, -0.15) is 0 Å². The largest absolute Gasteiger partial charge is 0.336 e. The van der Waals surface area contributed by atoms with Crippen LogP contribution >= 0.6 is 11.8 Å². The molecular formula is C19H20F2N4S. The molecule has 26 heavy (non-hydrogen) atoms. The monoisotopic (exact) mass is 374 g/mol. The molecular weight excluding hydrogens is 354 g/mol. The van der Waals surface area contributed by atoms with E-state index in [1.54, 1.807) is 24.3 Å². The first-order valence-corrected chi connectivity index (χ1v) is 9.02. The quantitative estimate of drug-likeness (QED) is 0.541.